The highest BCUT2D eigenvalue weighted by molar-refractivity contribution is 5.95. The average molecular weight is 357 g/mol. The second kappa shape index (κ2) is 9.16. The minimum atomic E-state index is -0.561. The van der Waals surface area contributed by atoms with E-state index >= 15 is 0 Å². The predicted molar refractivity (Wildman–Crippen MR) is 96.9 cm³/mol. The third-order valence-electron chi connectivity index (χ3n) is 3.28. The van der Waals surface area contributed by atoms with Crippen molar-refractivity contribution in [2.24, 2.45) is 5.10 Å². The summed E-state index contributed by atoms with van der Waals surface area (Å²) in [5, 5.41) is 14.7. The molecule has 0 saturated carbocycles. The number of nitro groups is 1. The van der Waals surface area contributed by atoms with Crippen molar-refractivity contribution in [1.82, 2.24) is 5.43 Å². The quantitative estimate of drug-likeness (QED) is 0.444. The highest BCUT2D eigenvalue weighted by Gasteiger charge is 2.11. The number of rotatable bonds is 8. The molecule has 0 heterocycles. The number of benzene rings is 2. The topological polar surface area (TPSA) is 103 Å². The number of ether oxygens (including phenoxy) is 2. The van der Waals surface area contributed by atoms with Crippen LogP contribution >= 0.6 is 0 Å². The van der Waals surface area contributed by atoms with E-state index < -0.39 is 10.8 Å². The molecular weight excluding hydrogens is 338 g/mol. The molecule has 1 amide bonds. The molecule has 2 rings (SSSR count). The molecule has 2 aromatic carbocycles. The van der Waals surface area contributed by atoms with Crippen molar-refractivity contribution in [3.8, 4) is 11.5 Å². The largest absolute Gasteiger partial charge is 0.494 e. The first-order valence-corrected chi connectivity index (χ1v) is 8.02. The zero-order chi connectivity index (χ0) is 18.9. The van der Waals surface area contributed by atoms with Gasteiger partial charge in [-0.1, -0.05) is 6.07 Å². The lowest BCUT2D eigenvalue weighted by Crippen LogP contribution is -2.17. The summed E-state index contributed by atoms with van der Waals surface area (Å²) in [5.41, 5.74) is 2.99. The fourth-order valence-corrected chi connectivity index (χ4v) is 2.14. The molecule has 136 valence electrons. The lowest BCUT2D eigenvalue weighted by Gasteiger charge is -2.10. The van der Waals surface area contributed by atoms with Gasteiger partial charge in [-0.05, 0) is 32.0 Å². The summed E-state index contributed by atoms with van der Waals surface area (Å²) in [7, 11) is 0. The van der Waals surface area contributed by atoms with E-state index in [0.29, 0.717) is 30.3 Å². The number of nitrogens with zero attached hydrogens (tertiary/aromatic N) is 2. The van der Waals surface area contributed by atoms with E-state index in [-0.39, 0.29) is 11.3 Å². The molecule has 0 aliphatic rings. The van der Waals surface area contributed by atoms with Crippen LogP contribution in [0.25, 0.3) is 0 Å². The Morgan fingerprint density at radius 2 is 1.96 bits per heavy atom. The van der Waals surface area contributed by atoms with E-state index in [1.165, 1.54) is 30.5 Å². The average Bonchev–Trinajstić information content (AvgIpc) is 2.64. The molecule has 0 aliphatic heterocycles. The number of hydrogen-bond donors (Lipinski definition) is 1. The Morgan fingerprint density at radius 3 is 2.65 bits per heavy atom. The number of carbonyl (C=O) groups excluding carboxylic acids is 1. The molecule has 0 bridgehead atoms. The zero-order valence-corrected chi connectivity index (χ0v) is 14.5. The molecule has 8 nitrogen and oxygen atoms in total. The first-order chi connectivity index (χ1) is 12.5. The third-order valence-corrected chi connectivity index (χ3v) is 3.28. The first kappa shape index (κ1) is 18.9. The van der Waals surface area contributed by atoms with Crippen molar-refractivity contribution in [3.05, 3.63) is 63.7 Å². The number of amides is 1. The van der Waals surface area contributed by atoms with Crippen LogP contribution < -0.4 is 14.9 Å². The Hall–Kier alpha value is -3.42. The third kappa shape index (κ3) is 5.04. The van der Waals surface area contributed by atoms with E-state index in [9.17, 15) is 14.9 Å². The van der Waals surface area contributed by atoms with Crippen LogP contribution in [0.2, 0.25) is 0 Å². The molecule has 8 heteroatoms. The normalized spacial score (nSPS) is 10.5. The molecule has 0 spiro atoms. The fraction of sp³-hybridized carbons (Fsp3) is 0.222. The summed E-state index contributed by atoms with van der Waals surface area (Å²) < 4.78 is 11.0. The maximum Gasteiger partial charge on any atom is 0.271 e. The molecule has 0 atom stereocenters. The number of hydrogen-bond acceptors (Lipinski definition) is 6. The zero-order valence-electron chi connectivity index (χ0n) is 14.5. The molecule has 0 aromatic heterocycles. The lowest BCUT2D eigenvalue weighted by molar-refractivity contribution is -0.384. The van der Waals surface area contributed by atoms with Gasteiger partial charge in [-0.3, -0.25) is 14.9 Å². The summed E-state index contributed by atoms with van der Waals surface area (Å²) >= 11 is 0. The van der Waals surface area contributed by atoms with Crippen LogP contribution in [0.15, 0.2) is 47.6 Å². The molecule has 0 radical (unpaired) electrons. The number of non-ortho nitro benzene ring substituents is 1. The second-order valence-corrected chi connectivity index (χ2v) is 5.07. The highest BCUT2D eigenvalue weighted by Crippen LogP contribution is 2.24. The van der Waals surface area contributed by atoms with Gasteiger partial charge in [-0.25, -0.2) is 5.43 Å². The summed E-state index contributed by atoms with van der Waals surface area (Å²) in [6.07, 6.45) is 1.44. The van der Waals surface area contributed by atoms with E-state index in [0.717, 1.165) is 0 Å². The van der Waals surface area contributed by atoms with E-state index in [4.69, 9.17) is 9.47 Å². The maximum absolute atomic E-state index is 12.1. The van der Waals surface area contributed by atoms with Crippen LogP contribution in [0.5, 0.6) is 11.5 Å². The van der Waals surface area contributed by atoms with Crippen molar-refractivity contribution in [1.29, 1.82) is 0 Å². The minimum Gasteiger partial charge on any atom is -0.494 e. The Balaban J connectivity index is 2.11. The van der Waals surface area contributed by atoms with Crippen LogP contribution in [-0.2, 0) is 0 Å². The van der Waals surface area contributed by atoms with E-state index in [1.807, 2.05) is 13.8 Å². The van der Waals surface area contributed by atoms with Crippen LogP contribution in [0, 0.1) is 10.1 Å². The van der Waals surface area contributed by atoms with Crippen LogP contribution in [0.3, 0.4) is 0 Å². The molecule has 0 fully saturated rings. The Bertz CT molecular complexity index is 820. The van der Waals surface area contributed by atoms with Crippen molar-refractivity contribution < 1.29 is 19.2 Å². The lowest BCUT2D eigenvalue weighted by atomic mass is 10.2. The first-order valence-electron chi connectivity index (χ1n) is 8.02. The smallest absolute Gasteiger partial charge is 0.271 e. The van der Waals surface area contributed by atoms with Crippen molar-refractivity contribution >= 4 is 17.8 Å². The van der Waals surface area contributed by atoms with Gasteiger partial charge in [0.15, 0.2) is 0 Å². The van der Waals surface area contributed by atoms with Gasteiger partial charge in [0.2, 0.25) is 0 Å². The number of carbonyl (C=O) groups is 1. The van der Waals surface area contributed by atoms with Crippen LogP contribution in [-0.4, -0.2) is 30.3 Å². The summed E-state index contributed by atoms with van der Waals surface area (Å²) in [4.78, 5) is 22.3. The van der Waals surface area contributed by atoms with Crippen molar-refractivity contribution in [3.63, 3.8) is 0 Å². The van der Waals surface area contributed by atoms with Crippen molar-refractivity contribution in [2.75, 3.05) is 13.2 Å². The van der Waals surface area contributed by atoms with Crippen molar-refractivity contribution in [2.45, 2.75) is 13.8 Å². The van der Waals surface area contributed by atoms with Crippen LogP contribution in [0.4, 0.5) is 5.69 Å². The number of hydrazone groups is 1. The van der Waals surface area contributed by atoms with Gasteiger partial charge in [-0.15, -0.1) is 0 Å². The van der Waals surface area contributed by atoms with Gasteiger partial charge in [0.1, 0.15) is 11.5 Å². The Kier molecular flexibility index (Phi) is 6.67. The molecule has 0 unspecified atom stereocenters. The summed E-state index contributed by atoms with van der Waals surface area (Å²) in [5.74, 6) is 0.703. The molecule has 2 aromatic rings. The second-order valence-electron chi connectivity index (χ2n) is 5.07. The van der Waals surface area contributed by atoms with Gasteiger partial charge in [0.25, 0.3) is 11.6 Å². The fourth-order valence-electron chi connectivity index (χ4n) is 2.14. The summed E-state index contributed by atoms with van der Waals surface area (Å²) in [6, 6.07) is 10.7. The number of nitrogens with one attached hydrogen (secondary N) is 1. The SMILES string of the molecule is CCOc1ccc(/C=N/NC(=O)c2cccc([N+](=O)[O-])c2)c(OCC)c1. The number of nitro benzene ring substituents is 1. The summed E-state index contributed by atoms with van der Waals surface area (Å²) in [6.45, 7) is 4.76. The molecule has 26 heavy (non-hydrogen) atoms. The highest BCUT2D eigenvalue weighted by atomic mass is 16.6. The van der Waals surface area contributed by atoms with Gasteiger partial charge in [0.05, 0.1) is 24.4 Å². The standard InChI is InChI=1S/C18H19N3O5/c1-3-25-16-9-8-14(17(11-16)26-4-2)12-19-20-18(22)13-6-5-7-15(10-13)21(23)24/h5-12H,3-4H2,1-2H3,(H,20,22)/b19-12+. The minimum absolute atomic E-state index is 0.146. The molecule has 0 aliphatic carbocycles. The molecule has 0 saturated heterocycles. The van der Waals surface area contributed by atoms with E-state index in [2.05, 4.69) is 10.5 Å². The van der Waals surface area contributed by atoms with E-state index in [1.54, 1.807) is 18.2 Å². The Labute approximate surface area is 150 Å². The predicted octanol–water partition coefficient (Wildman–Crippen LogP) is 3.16. The van der Waals surface area contributed by atoms with Gasteiger partial charge in [0, 0.05) is 29.3 Å². The van der Waals surface area contributed by atoms with Gasteiger partial charge < -0.3 is 9.47 Å². The monoisotopic (exact) mass is 357 g/mol. The molecule has 1 N–H and O–H groups in total. The maximum atomic E-state index is 12.1. The molecular formula is C18H19N3O5. The van der Waals surface area contributed by atoms with Crippen LogP contribution in [0.1, 0.15) is 29.8 Å². The van der Waals surface area contributed by atoms with Gasteiger partial charge >= 0.3 is 0 Å². The Morgan fingerprint density at radius 1 is 1.19 bits per heavy atom. The van der Waals surface area contributed by atoms with Gasteiger partial charge in [-0.2, -0.15) is 5.10 Å².